The van der Waals surface area contributed by atoms with Crippen molar-refractivity contribution < 1.29 is 0 Å². The summed E-state index contributed by atoms with van der Waals surface area (Å²) in [6.07, 6.45) is 6.51. The molecule has 100 valence electrons. The molecule has 0 radical (unpaired) electrons. The highest BCUT2D eigenvalue weighted by atomic mass is 15.2. The smallest absolute Gasteiger partial charge is 0.209 e. The van der Waals surface area contributed by atoms with Crippen LogP contribution in [-0.4, -0.2) is 15.9 Å². The number of hydrogen-bond acceptors (Lipinski definition) is 4. The number of anilines is 1. The standard InChI is InChI=1S/C14H14N6/c1-11(12-5-3-2-4-6-12)19-14(18-9-15)20-13-7-16-10-17-8-13/h2-8,10-11H,1H3,(H2,18,19,20)/t11-/m1/s1. The number of aromatic nitrogens is 2. The van der Waals surface area contributed by atoms with E-state index in [1.54, 1.807) is 12.4 Å². The highest BCUT2D eigenvalue weighted by Gasteiger charge is 2.06. The quantitative estimate of drug-likeness (QED) is 0.384. The van der Waals surface area contributed by atoms with Gasteiger partial charge in [-0.3, -0.25) is 5.32 Å². The minimum atomic E-state index is -0.0795. The maximum atomic E-state index is 8.78. The Bertz CT molecular complexity index is 603. The summed E-state index contributed by atoms with van der Waals surface area (Å²) in [7, 11) is 0. The van der Waals surface area contributed by atoms with Crippen LogP contribution in [0.5, 0.6) is 0 Å². The molecule has 0 aliphatic heterocycles. The van der Waals surface area contributed by atoms with E-state index in [1.165, 1.54) is 6.33 Å². The van der Waals surface area contributed by atoms with Crippen LogP contribution in [0.3, 0.4) is 0 Å². The van der Waals surface area contributed by atoms with Gasteiger partial charge in [0.1, 0.15) is 6.33 Å². The molecule has 1 heterocycles. The van der Waals surface area contributed by atoms with Crippen LogP contribution in [0.15, 0.2) is 54.0 Å². The number of aliphatic imine (C=N–C) groups is 1. The van der Waals surface area contributed by atoms with E-state index in [0.717, 1.165) is 5.56 Å². The fraction of sp³-hybridized carbons (Fsp3) is 0.143. The molecule has 20 heavy (non-hydrogen) atoms. The van der Waals surface area contributed by atoms with Crippen molar-refractivity contribution in [3.05, 3.63) is 54.6 Å². The molecule has 0 amide bonds. The number of guanidine groups is 1. The van der Waals surface area contributed by atoms with Crippen LogP contribution in [0.1, 0.15) is 18.5 Å². The van der Waals surface area contributed by atoms with E-state index in [2.05, 4.69) is 25.6 Å². The largest absolute Gasteiger partial charge is 0.323 e. The maximum absolute atomic E-state index is 8.78. The molecule has 1 aromatic carbocycles. The van der Waals surface area contributed by atoms with Gasteiger partial charge in [0.15, 0.2) is 6.19 Å². The van der Waals surface area contributed by atoms with E-state index < -0.39 is 0 Å². The summed E-state index contributed by atoms with van der Waals surface area (Å²) in [5.41, 5.74) is 1.73. The first-order valence-corrected chi connectivity index (χ1v) is 6.09. The molecule has 0 spiro atoms. The highest BCUT2D eigenvalue weighted by Crippen LogP contribution is 2.16. The first-order valence-electron chi connectivity index (χ1n) is 6.09. The van der Waals surface area contributed by atoms with Crippen LogP contribution >= 0.6 is 0 Å². The van der Waals surface area contributed by atoms with Gasteiger partial charge in [-0.25, -0.2) is 15.0 Å². The van der Waals surface area contributed by atoms with E-state index in [9.17, 15) is 0 Å². The van der Waals surface area contributed by atoms with Gasteiger partial charge in [-0.15, -0.1) is 0 Å². The average molecular weight is 266 g/mol. The van der Waals surface area contributed by atoms with Gasteiger partial charge in [0.25, 0.3) is 0 Å². The molecule has 2 N–H and O–H groups in total. The lowest BCUT2D eigenvalue weighted by Gasteiger charge is -2.11. The number of hydrogen-bond donors (Lipinski definition) is 2. The predicted octanol–water partition coefficient (Wildman–Crippen LogP) is 2.08. The summed E-state index contributed by atoms with van der Waals surface area (Å²) in [5, 5.41) is 14.3. The topological polar surface area (TPSA) is 86.0 Å². The Balaban J connectivity index is 2.16. The van der Waals surface area contributed by atoms with Crippen LogP contribution in [0.25, 0.3) is 0 Å². The van der Waals surface area contributed by atoms with Gasteiger partial charge in [-0.05, 0) is 12.5 Å². The number of nitriles is 1. The van der Waals surface area contributed by atoms with Gasteiger partial charge >= 0.3 is 0 Å². The van der Waals surface area contributed by atoms with Crippen molar-refractivity contribution >= 4 is 11.6 Å². The highest BCUT2D eigenvalue weighted by molar-refractivity contribution is 5.94. The van der Waals surface area contributed by atoms with Crippen molar-refractivity contribution in [2.45, 2.75) is 13.0 Å². The Kier molecular flexibility index (Phi) is 4.62. The van der Waals surface area contributed by atoms with Crippen molar-refractivity contribution in [2.24, 2.45) is 4.99 Å². The zero-order valence-electron chi connectivity index (χ0n) is 11.0. The number of nitrogens with one attached hydrogen (secondary N) is 2. The molecule has 1 aromatic heterocycles. The molecule has 2 rings (SSSR count). The molecular formula is C14H14N6. The van der Waals surface area contributed by atoms with Gasteiger partial charge in [0, 0.05) is 0 Å². The summed E-state index contributed by atoms with van der Waals surface area (Å²) in [4.78, 5) is 12.2. The van der Waals surface area contributed by atoms with Crippen molar-refractivity contribution in [1.29, 1.82) is 5.26 Å². The molecular weight excluding hydrogens is 252 g/mol. The van der Waals surface area contributed by atoms with Crippen molar-refractivity contribution in [3.8, 4) is 6.19 Å². The maximum Gasteiger partial charge on any atom is 0.209 e. The lowest BCUT2D eigenvalue weighted by atomic mass is 10.1. The molecule has 6 nitrogen and oxygen atoms in total. The SMILES string of the molecule is C[C@@H](N=C(NC#N)Nc1cncnc1)c1ccccc1. The Hall–Kier alpha value is -2.94. The van der Waals surface area contributed by atoms with E-state index in [0.29, 0.717) is 11.6 Å². The molecule has 0 aliphatic carbocycles. The van der Waals surface area contributed by atoms with Gasteiger partial charge in [0.05, 0.1) is 24.1 Å². The average Bonchev–Trinajstić information content (AvgIpc) is 2.49. The van der Waals surface area contributed by atoms with Crippen LogP contribution < -0.4 is 10.6 Å². The van der Waals surface area contributed by atoms with Crippen molar-refractivity contribution in [3.63, 3.8) is 0 Å². The first-order chi connectivity index (χ1) is 9.79. The molecule has 0 fully saturated rings. The van der Waals surface area contributed by atoms with E-state index >= 15 is 0 Å². The van der Waals surface area contributed by atoms with Crippen LogP contribution in [0.2, 0.25) is 0 Å². The molecule has 2 aromatic rings. The van der Waals surface area contributed by atoms with Crippen LogP contribution in [0, 0.1) is 11.5 Å². The monoisotopic (exact) mass is 266 g/mol. The fourth-order valence-electron chi connectivity index (χ4n) is 1.65. The Labute approximate surface area is 117 Å². The normalized spacial score (nSPS) is 12.3. The number of nitrogens with zero attached hydrogens (tertiary/aromatic N) is 4. The summed E-state index contributed by atoms with van der Waals surface area (Å²) in [5.74, 6) is 0.360. The van der Waals surface area contributed by atoms with Crippen LogP contribution in [-0.2, 0) is 0 Å². The zero-order chi connectivity index (χ0) is 14.2. The molecule has 1 atom stereocenters. The first kappa shape index (κ1) is 13.5. The lowest BCUT2D eigenvalue weighted by molar-refractivity contribution is 0.813. The third kappa shape index (κ3) is 3.78. The van der Waals surface area contributed by atoms with Gasteiger partial charge in [-0.1, -0.05) is 30.3 Å². The predicted molar refractivity (Wildman–Crippen MR) is 76.7 cm³/mol. The van der Waals surface area contributed by atoms with Gasteiger partial charge in [0.2, 0.25) is 5.96 Å². The molecule has 0 unspecified atom stereocenters. The van der Waals surface area contributed by atoms with E-state index in [1.807, 2.05) is 43.4 Å². The van der Waals surface area contributed by atoms with E-state index in [4.69, 9.17) is 5.26 Å². The fourth-order valence-corrected chi connectivity index (χ4v) is 1.65. The summed E-state index contributed by atoms with van der Waals surface area (Å²) >= 11 is 0. The second kappa shape index (κ2) is 6.85. The summed E-state index contributed by atoms with van der Waals surface area (Å²) < 4.78 is 0. The Morgan fingerprint density at radius 2 is 1.95 bits per heavy atom. The van der Waals surface area contributed by atoms with Crippen molar-refractivity contribution in [1.82, 2.24) is 15.3 Å². The molecule has 6 heteroatoms. The zero-order valence-corrected chi connectivity index (χ0v) is 11.0. The van der Waals surface area contributed by atoms with Crippen molar-refractivity contribution in [2.75, 3.05) is 5.32 Å². The van der Waals surface area contributed by atoms with Gasteiger partial charge < -0.3 is 5.32 Å². The second-order valence-corrected chi connectivity index (χ2v) is 4.05. The number of benzene rings is 1. The molecule has 0 bridgehead atoms. The minimum absolute atomic E-state index is 0.0795. The minimum Gasteiger partial charge on any atom is -0.323 e. The molecule has 0 aliphatic rings. The summed E-state index contributed by atoms with van der Waals surface area (Å²) in [6, 6.07) is 9.76. The van der Waals surface area contributed by atoms with E-state index in [-0.39, 0.29) is 6.04 Å². The van der Waals surface area contributed by atoms with Crippen LogP contribution in [0.4, 0.5) is 5.69 Å². The lowest BCUT2D eigenvalue weighted by Crippen LogP contribution is -2.27. The second-order valence-electron chi connectivity index (χ2n) is 4.05. The Morgan fingerprint density at radius 3 is 2.60 bits per heavy atom. The van der Waals surface area contributed by atoms with Gasteiger partial charge in [-0.2, -0.15) is 5.26 Å². The third-order valence-electron chi connectivity index (χ3n) is 2.60. The number of rotatable bonds is 3. The summed E-state index contributed by atoms with van der Waals surface area (Å²) in [6.45, 7) is 1.96. The Morgan fingerprint density at radius 1 is 1.25 bits per heavy atom. The molecule has 0 saturated carbocycles. The third-order valence-corrected chi connectivity index (χ3v) is 2.60. The molecule has 0 saturated heterocycles.